The highest BCUT2D eigenvalue weighted by Gasteiger charge is 2.20. The van der Waals surface area contributed by atoms with Gasteiger partial charge in [0.2, 0.25) is 5.65 Å². The molecule has 8 heteroatoms. The first-order valence-corrected chi connectivity index (χ1v) is 8.76. The van der Waals surface area contributed by atoms with Gasteiger partial charge in [0, 0.05) is 18.2 Å². The number of hydrogen-bond acceptors (Lipinski definition) is 6. The van der Waals surface area contributed by atoms with Crippen molar-refractivity contribution < 1.29 is 9.47 Å². The molecule has 0 atom stereocenters. The van der Waals surface area contributed by atoms with Gasteiger partial charge in [0.25, 0.3) is 0 Å². The van der Waals surface area contributed by atoms with E-state index in [4.69, 9.17) is 9.47 Å². The van der Waals surface area contributed by atoms with Crippen molar-refractivity contribution in [1.29, 1.82) is 0 Å². The third kappa shape index (κ3) is 3.89. The third-order valence-electron chi connectivity index (χ3n) is 4.32. The molecular formula is C19H25N5O3. The summed E-state index contributed by atoms with van der Waals surface area (Å²) in [6.45, 7) is 6.80. The predicted octanol–water partition coefficient (Wildman–Crippen LogP) is 2.39. The van der Waals surface area contributed by atoms with Crippen molar-refractivity contribution in [3.8, 4) is 11.5 Å². The number of anilines is 1. The van der Waals surface area contributed by atoms with Crippen molar-refractivity contribution in [1.82, 2.24) is 19.6 Å². The van der Waals surface area contributed by atoms with Crippen LogP contribution in [-0.4, -0.2) is 40.3 Å². The van der Waals surface area contributed by atoms with Crippen LogP contribution in [0.1, 0.15) is 32.0 Å². The van der Waals surface area contributed by atoms with Crippen molar-refractivity contribution >= 4 is 11.5 Å². The van der Waals surface area contributed by atoms with Gasteiger partial charge in [0.05, 0.1) is 19.9 Å². The fourth-order valence-corrected chi connectivity index (χ4v) is 2.75. The molecule has 0 aliphatic carbocycles. The molecule has 0 aliphatic rings. The van der Waals surface area contributed by atoms with Gasteiger partial charge in [-0.15, -0.1) is 5.10 Å². The van der Waals surface area contributed by atoms with E-state index in [0.29, 0.717) is 29.5 Å². The zero-order valence-electron chi connectivity index (χ0n) is 16.3. The number of methoxy groups -OCH3 is 2. The Hall–Kier alpha value is -3.03. The van der Waals surface area contributed by atoms with E-state index < -0.39 is 0 Å². The van der Waals surface area contributed by atoms with Gasteiger partial charge < -0.3 is 14.8 Å². The van der Waals surface area contributed by atoms with E-state index in [1.165, 1.54) is 4.40 Å². The van der Waals surface area contributed by atoms with Gasteiger partial charge in [-0.05, 0) is 24.1 Å². The van der Waals surface area contributed by atoms with Crippen molar-refractivity contribution in [3.63, 3.8) is 0 Å². The number of hydrogen-bond donors (Lipinski definition) is 2. The molecule has 0 saturated heterocycles. The molecule has 0 unspecified atom stereocenters. The van der Waals surface area contributed by atoms with Gasteiger partial charge in [0.1, 0.15) is 0 Å². The monoisotopic (exact) mass is 371 g/mol. The van der Waals surface area contributed by atoms with Crippen LogP contribution in [0.2, 0.25) is 0 Å². The van der Waals surface area contributed by atoms with Crippen molar-refractivity contribution in [3.05, 3.63) is 46.1 Å². The largest absolute Gasteiger partial charge is 0.493 e. The summed E-state index contributed by atoms with van der Waals surface area (Å²) in [5.74, 6) is 1.98. The molecule has 0 spiro atoms. The third-order valence-corrected chi connectivity index (χ3v) is 4.32. The number of ether oxygens (including phenoxy) is 2. The molecule has 0 bridgehead atoms. The van der Waals surface area contributed by atoms with Crippen LogP contribution in [0, 0.1) is 0 Å². The molecule has 144 valence electrons. The van der Waals surface area contributed by atoms with Gasteiger partial charge in [-0.2, -0.15) is 0 Å². The van der Waals surface area contributed by atoms with Crippen LogP contribution in [0.25, 0.3) is 5.65 Å². The molecule has 0 amide bonds. The average Bonchev–Trinajstić information content (AvgIpc) is 3.02. The minimum Gasteiger partial charge on any atom is -0.493 e. The number of nitrogens with one attached hydrogen (secondary N) is 2. The molecule has 0 aliphatic heterocycles. The molecule has 8 nitrogen and oxygen atoms in total. The maximum atomic E-state index is 12.0. The highest BCUT2D eigenvalue weighted by molar-refractivity contribution is 5.62. The summed E-state index contributed by atoms with van der Waals surface area (Å²) >= 11 is 0. The Morgan fingerprint density at radius 1 is 1.19 bits per heavy atom. The molecule has 0 fully saturated rings. The molecule has 1 aromatic carbocycles. The summed E-state index contributed by atoms with van der Waals surface area (Å²) in [6, 6.07) is 5.84. The number of H-pyrrole nitrogens is 1. The fraction of sp³-hybridized carbons (Fsp3) is 0.421. The molecule has 3 aromatic rings. The Morgan fingerprint density at radius 3 is 2.59 bits per heavy atom. The maximum absolute atomic E-state index is 12.0. The predicted molar refractivity (Wildman–Crippen MR) is 104 cm³/mol. The second-order valence-electron chi connectivity index (χ2n) is 7.31. The van der Waals surface area contributed by atoms with Gasteiger partial charge in [-0.1, -0.05) is 26.8 Å². The topological polar surface area (TPSA) is 93.5 Å². The van der Waals surface area contributed by atoms with Gasteiger partial charge in [-0.25, -0.2) is 19.3 Å². The molecule has 0 saturated carbocycles. The first-order valence-electron chi connectivity index (χ1n) is 8.76. The SMILES string of the molecule is COc1ccc(CCNc2nc(C(C)(C)C)cn3c(=O)[nH]nc23)cc1OC. The summed E-state index contributed by atoms with van der Waals surface area (Å²) in [5, 5.41) is 9.86. The maximum Gasteiger partial charge on any atom is 0.347 e. The summed E-state index contributed by atoms with van der Waals surface area (Å²) < 4.78 is 12.1. The molecule has 2 heterocycles. The van der Waals surface area contributed by atoms with Gasteiger partial charge >= 0.3 is 5.69 Å². The Labute approximate surface area is 157 Å². The van der Waals surface area contributed by atoms with Gasteiger partial charge in [-0.3, -0.25) is 0 Å². The summed E-state index contributed by atoms with van der Waals surface area (Å²) in [7, 11) is 3.23. The van der Waals surface area contributed by atoms with E-state index in [9.17, 15) is 4.79 Å². The first kappa shape index (κ1) is 18.8. The highest BCUT2D eigenvalue weighted by Crippen LogP contribution is 2.28. The second kappa shape index (κ2) is 7.30. The lowest BCUT2D eigenvalue weighted by molar-refractivity contribution is 0.354. The van der Waals surface area contributed by atoms with Crippen molar-refractivity contribution in [2.24, 2.45) is 0 Å². The number of aromatic nitrogens is 4. The zero-order chi connectivity index (χ0) is 19.6. The lowest BCUT2D eigenvalue weighted by atomic mass is 9.93. The van der Waals surface area contributed by atoms with E-state index >= 15 is 0 Å². The normalized spacial score (nSPS) is 11.6. The minimum absolute atomic E-state index is 0.190. The molecule has 2 N–H and O–H groups in total. The molecular weight excluding hydrogens is 346 g/mol. The molecule has 3 rings (SSSR count). The fourth-order valence-electron chi connectivity index (χ4n) is 2.75. The summed E-state index contributed by atoms with van der Waals surface area (Å²) in [6.07, 6.45) is 2.49. The second-order valence-corrected chi connectivity index (χ2v) is 7.31. The number of aromatic amines is 1. The zero-order valence-corrected chi connectivity index (χ0v) is 16.3. The number of rotatable bonds is 6. The standard InChI is InChI=1S/C19H25N5O3/c1-19(2,3)15-11-24-17(22-23-18(24)25)16(21-15)20-9-8-12-6-7-13(26-4)14(10-12)27-5/h6-7,10-11H,8-9H2,1-5H3,(H,20,21)(H,23,25). The Bertz CT molecular complexity index is 1000. The first-order chi connectivity index (χ1) is 12.8. The van der Waals surface area contributed by atoms with Crippen LogP contribution in [-0.2, 0) is 11.8 Å². The minimum atomic E-state index is -0.277. The highest BCUT2D eigenvalue weighted by atomic mass is 16.5. The molecule has 2 aromatic heterocycles. The Morgan fingerprint density at radius 2 is 1.93 bits per heavy atom. The van der Waals surface area contributed by atoms with Crippen LogP contribution < -0.4 is 20.5 Å². The van der Waals surface area contributed by atoms with Crippen LogP contribution in [0.5, 0.6) is 11.5 Å². The Kier molecular flexibility index (Phi) is 5.07. The molecule has 27 heavy (non-hydrogen) atoms. The van der Waals surface area contributed by atoms with E-state index in [0.717, 1.165) is 17.7 Å². The lowest BCUT2D eigenvalue weighted by Gasteiger charge is -2.19. The van der Waals surface area contributed by atoms with Crippen molar-refractivity contribution in [2.45, 2.75) is 32.6 Å². The quantitative estimate of drug-likeness (QED) is 0.691. The smallest absolute Gasteiger partial charge is 0.347 e. The number of benzene rings is 1. The average molecular weight is 371 g/mol. The van der Waals surface area contributed by atoms with E-state index in [-0.39, 0.29) is 11.1 Å². The molecule has 0 radical (unpaired) electrons. The van der Waals surface area contributed by atoms with Crippen LogP contribution in [0.3, 0.4) is 0 Å². The summed E-state index contributed by atoms with van der Waals surface area (Å²) in [4.78, 5) is 16.7. The number of fused-ring (bicyclic) bond motifs is 1. The van der Waals surface area contributed by atoms with E-state index in [1.807, 2.05) is 18.2 Å². The van der Waals surface area contributed by atoms with E-state index in [2.05, 4.69) is 41.3 Å². The Balaban J connectivity index is 1.82. The number of nitrogens with zero attached hydrogens (tertiary/aromatic N) is 3. The van der Waals surface area contributed by atoms with Crippen LogP contribution >= 0.6 is 0 Å². The van der Waals surface area contributed by atoms with Gasteiger partial charge in [0.15, 0.2) is 17.3 Å². The lowest BCUT2D eigenvalue weighted by Crippen LogP contribution is -2.20. The van der Waals surface area contributed by atoms with E-state index in [1.54, 1.807) is 20.4 Å². The van der Waals surface area contributed by atoms with Crippen LogP contribution in [0.4, 0.5) is 5.82 Å². The van der Waals surface area contributed by atoms with Crippen LogP contribution in [0.15, 0.2) is 29.2 Å². The summed E-state index contributed by atoms with van der Waals surface area (Å²) in [5.41, 5.74) is 1.93. The van der Waals surface area contributed by atoms with Crippen molar-refractivity contribution in [2.75, 3.05) is 26.1 Å².